The summed E-state index contributed by atoms with van der Waals surface area (Å²) >= 11 is 0. The fourth-order valence-electron chi connectivity index (χ4n) is 2.88. The van der Waals surface area contributed by atoms with Crippen LogP contribution in [0.15, 0.2) is 29.2 Å². The summed E-state index contributed by atoms with van der Waals surface area (Å²) in [6.07, 6.45) is 1.97. The van der Waals surface area contributed by atoms with Gasteiger partial charge in [0.2, 0.25) is 10.0 Å². The molecule has 5 nitrogen and oxygen atoms in total. The first-order valence-corrected chi connectivity index (χ1v) is 8.80. The highest BCUT2D eigenvalue weighted by Crippen LogP contribution is 2.24. The summed E-state index contributed by atoms with van der Waals surface area (Å²) in [6.45, 7) is 2.39. The van der Waals surface area contributed by atoms with Crippen LogP contribution in [-0.2, 0) is 16.6 Å². The molecular formula is C15H25N3O2S. The van der Waals surface area contributed by atoms with Crippen LogP contribution in [-0.4, -0.2) is 57.9 Å². The maximum Gasteiger partial charge on any atom is 0.243 e. The highest BCUT2D eigenvalue weighted by Gasteiger charge is 2.31. The molecule has 21 heavy (non-hydrogen) atoms. The zero-order valence-corrected chi connectivity index (χ0v) is 13.9. The number of benzene rings is 1. The van der Waals surface area contributed by atoms with Gasteiger partial charge in [-0.05, 0) is 45.1 Å². The smallest absolute Gasteiger partial charge is 0.243 e. The Hall–Kier alpha value is -0.950. The standard InChI is InChI=1S/C15H25N3O2S/c1-16-11-13-7-4-5-9-15(13)21(19,20)18(3)14-8-6-10-17(2)12-14/h4-5,7,9,14,16H,6,8,10-12H2,1-3H3. The van der Waals surface area contributed by atoms with Gasteiger partial charge in [0.25, 0.3) is 0 Å². The normalized spacial score (nSPS) is 20.9. The van der Waals surface area contributed by atoms with E-state index in [9.17, 15) is 8.42 Å². The zero-order valence-electron chi connectivity index (χ0n) is 13.0. The van der Waals surface area contributed by atoms with Crippen LogP contribution < -0.4 is 5.32 Å². The largest absolute Gasteiger partial charge is 0.316 e. The lowest BCUT2D eigenvalue weighted by Gasteiger charge is -2.35. The Kier molecular flexibility index (Phi) is 5.37. The molecule has 1 unspecified atom stereocenters. The zero-order chi connectivity index (χ0) is 15.5. The second-order valence-electron chi connectivity index (χ2n) is 5.72. The Balaban J connectivity index is 2.28. The minimum Gasteiger partial charge on any atom is -0.316 e. The molecule has 0 spiro atoms. The number of hydrogen-bond acceptors (Lipinski definition) is 4. The van der Waals surface area contributed by atoms with E-state index in [1.54, 1.807) is 23.5 Å². The molecule has 6 heteroatoms. The first-order valence-electron chi connectivity index (χ1n) is 7.36. The molecule has 118 valence electrons. The van der Waals surface area contributed by atoms with Gasteiger partial charge in [0.15, 0.2) is 0 Å². The highest BCUT2D eigenvalue weighted by atomic mass is 32.2. The molecule has 1 saturated heterocycles. The van der Waals surface area contributed by atoms with E-state index in [1.807, 2.05) is 26.2 Å². The van der Waals surface area contributed by atoms with Crippen molar-refractivity contribution < 1.29 is 8.42 Å². The molecule has 1 aliphatic rings. The van der Waals surface area contributed by atoms with Gasteiger partial charge >= 0.3 is 0 Å². The van der Waals surface area contributed by atoms with Gasteiger partial charge in [-0.15, -0.1) is 0 Å². The molecule has 1 heterocycles. The highest BCUT2D eigenvalue weighted by molar-refractivity contribution is 7.89. The van der Waals surface area contributed by atoms with E-state index in [1.165, 1.54) is 0 Å². The van der Waals surface area contributed by atoms with Crippen LogP contribution >= 0.6 is 0 Å². The second kappa shape index (κ2) is 6.87. The van der Waals surface area contributed by atoms with E-state index in [0.717, 1.165) is 31.5 Å². The fraction of sp³-hybridized carbons (Fsp3) is 0.600. The van der Waals surface area contributed by atoms with Crippen LogP contribution in [0.25, 0.3) is 0 Å². The van der Waals surface area contributed by atoms with Gasteiger partial charge in [-0.3, -0.25) is 0 Å². The number of nitrogens with zero attached hydrogens (tertiary/aromatic N) is 2. The quantitative estimate of drug-likeness (QED) is 0.885. The van der Waals surface area contributed by atoms with E-state index < -0.39 is 10.0 Å². The molecule has 1 atom stereocenters. The minimum absolute atomic E-state index is 0.0522. The number of hydrogen-bond donors (Lipinski definition) is 1. The van der Waals surface area contributed by atoms with Crippen molar-refractivity contribution in [1.29, 1.82) is 0 Å². The lowest BCUT2D eigenvalue weighted by molar-refractivity contribution is 0.187. The van der Waals surface area contributed by atoms with Crippen molar-refractivity contribution in [2.45, 2.75) is 30.3 Å². The maximum atomic E-state index is 12.9. The van der Waals surface area contributed by atoms with Crippen molar-refractivity contribution in [2.24, 2.45) is 0 Å². The van der Waals surface area contributed by atoms with Crippen molar-refractivity contribution >= 4 is 10.0 Å². The lowest BCUT2D eigenvalue weighted by Crippen LogP contribution is -2.47. The van der Waals surface area contributed by atoms with Crippen LogP contribution in [0.2, 0.25) is 0 Å². The molecule has 0 radical (unpaired) electrons. The van der Waals surface area contributed by atoms with Crippen molar-refractivity contribution in [3.63, 3.8) is 0 Å². The summed E-state index contributed by atoms with van der Waals surface area (Å²) in [5.74, 6) is 0. The maximum absolute atomic E-state index is 12.9. The van der Waals surface area contributed by atoms with E-state index >= 15 is 0 Å². The fourth-order valence-corrected chi connectivity index (χ4v) is 4.48. The second-order valence-corrected chi connectivity index (χ2v) is 7.68. The number of likely N-dealkylation sites (N-methyl/N-ethyl adjacent to an activating group) is 2. The molecule has 0 amide bonds. The predicted octanol–water partition coefficient (Wildman–Crippen LogP) is 1.12. The third kappa shape index (κ3) is 3.63. The Bertz CT molecular complexity index is 574. The molecule has 0 aliphatic carbocycles. The third-order valence-electron chi connectivity index (χ3n) is 4.11. The number of rotatable bonds is 5. The number of likely N-dealkylation sites (tertiary alicyclic amines) is 1. The number of nitrogens with one attached hydrogen (secondary N) is 1. The topological polar surface area (TPSA) is 52.7 Å². The van der Waals surface area contributed by atoms with Crippen molar-refractivity contribution in [3.05, 3.63) is 29.8 Å². The minimum atomic E-state index is -3.45. The summed E-state index contributed by atoms with van der Waals surface area (Å²) in [5.41, 5.74) is 0.816. The molecule has 0 bridgehead atoms. The van der Waals surface area contributed by atoms with Gasteiger partial charge in [-0.2, -0.15) is 4.31 Å². The Labute approximate surface area is 128 Å². The number of sulfonamides is 1. The van der Waals surface area contributed by atoms with Crippen LogP contribution in [0.4, 0.5) is 0 Å². The van der Waals surface area contributed by atoms with E-state index in [-0.39, 0.29) is 6.04 Å². The van der Waals surface area contributed by atoms with Gasteiger partial charge in [0.05, 0.1) is 4.90 Å². The summed E-state index contributed by atoms with van der Waals surface area (Å²) < 4.78 is 27.4. The molecule has 1 fully saturated rings. The van der Waals surface area contributed by atoms with Gasteiger partial charge < -0.3 is 10.2 Å². The van der Waals surface area contributed by atoms with Gasteiger partial charge in [0, 0.05) is 26.2 Å². The van der Waals surface area contributed by atoms with E-state index in [0.29, 0.717) is 11.4 Å². The molecular weight excluding hydrogens is 286 g/mol. The Morgan fingerprint density at radius 2 is 2.10 bits per heavy atom. The molecule has 2 rings (SSSR count). The molecule has 1 aliphatic heterocycles. The van der Waals surface area contributed by atoms with E-state index in [4.69, 9.17) is 0 Å². The van der Waals surface area contributed by atoms with Gasteiger partial charge in [-0.1, -0.05) is 18.2 Å². The molecule has 1 N–H and O–H groups in total. The Morgan fingerprint density at radius 1 is 1.38 bits per heavy atom. The predicted molar refractivity (Wildman–Crippen MR) is 84.7 cm³/mol. The van der Waals surface area contributed by atoms with Crippen LogP contribution in [0.1, 0.15) is 18.4 Å². The molecule has 1 aromatic rings. The summed E-state index contributed by atoms with van der Waals surface area (Å²) in [6, 6.07) is 7.28. The van der Waals surface area contributed by atoms with Crippen LogP contribution in [0.3, 0.4) is 0 Å². The first kappa shape index (κ1) is 16.4. The van der Waals surface area contributed by atoms with Crippen molar-refractivity contribution in [1.82, 2.24) is 14.5 Å². The van der Waals surface area contributed by atoms with Crippen molar-refractivity contribution in [2.75, 3.05) is 34.2 Å². The van der Waals surface area contributed by atoms with Crippen molar-refractivity contribution in [3.8, 4) is 0 Å². The van der Waals surface area contributed by atoms with Crippen LogP contribution in [0.5, 0.6) is 0 Å². The lowest BCUT2D eigenvalue weighted by atomic mass is 10.1. The Morgan fingerprint density at radius 3 is 2.76 bits per heavy atom. The van der Waals surface area contributed by atoms with Gasteiger partial charge in [-0.25, -0.2) is 8.42 Å². The summed E-state index contributed by atoms with van der Waals surface area (Å²) in [7, 11) is 2.12. The van der Waals surface area contributed by atoms with E-state index in [2.05, 4.69) is 10.2 Å². The molecule has 0 aromatic heterocycles. The molecule has 1 aromatic carbocycles. The summed E-state index contributed by atoms with van der Waals surface area (Å²) in [4.78, 5) is 2.61. The van der Waals surface area contributed by atoms with Crippen LogP contribution in [0, 0.1) is 0 Å². The number of piperidine rings is 1. The van der Waals surface area contributed by atoms with Gasteiger partial charge in [0.1, 0.15) is 0 Å². The average Bonchev–Trinajstić information content (AvgIpc) is 2.47. The first-order chi connectivity index (χ1) is 9.96. The molecule has 0 saturated carbocycles. The summed E-state index contributed by atoms with van der Waals surface area (Å²) in [5, 5.41) is 3.03. The average molecular weight is 311 g/mol. The third-order valence-corrected chi connectivity index (χ3v) is 6.12. The SMILES string of the molecule is CNCc1ccccc1S(=O)(=O)N(C)C1CCCN(C)C1. The monoisotopic (exact) mass is 311 g/mol.